The lowest BCUT2D eigenvalue weighted by molar-refractivity contribution is 0.415. The third-order valence-corrected chi connectivity index (χ3v) is 5.51. The predicted octanol–water partition coefficient (Wildman–Crippen LogP) is 4.18. The number of rotatable bonds is 2. The number of aromatic nitrogens is 5. The van der Waals surface area contributed by atoms with E-state index in [9.17, 15) is 0 Å². The molecular weight excluding hydrogens is 346 g/mol. The van der Waals surface area contributed by atoms with Gasteiger partial charge in [-0.3, -0.25) is 0 Å². The molecule has 0 saturated carbocycles. The first kappa shape index (κ1) is 15.2. The summed E-state index contributed by atoms with van der Waals surface area (Å²) in [6.07, 6.45) is 1.73. The minimum absolute atomic E-state index is 0.667. The molecule has 6 nitrogen and oxygen atoms in total. The zero-order valence-corrected chi connectivity index (χ0v) is 15.3. The lowest BCUT2D eigenvalue weighted by Gasteiger charge is -1.99. The summed E-state index contributed by atoms with van der Waals surface area (Å²) in [6.45, 7) is 4.11. The highest BCUT2D eigenvalue weighted by Gasteiger charge is 2.16. The van der Waals surface area contributed by atoms with Crippen molar-refractivity contribution >= 4 is 37.4 Å². The topological polar surface area (TPSA) is 65.2 Å². The second-order valence-corrected chi connectivity index (χ2v) is 7.22. The number of thiophene rings is 1. The Morgan fingerprint density at radius 3 is 2.65 bits per heavy atom. The Labute approximate surface area is 153 Å². The van der Waals surface area contributed by atoms with E-state index in [0.717, 1.165) is 43.1 Å². The van der Waals surface area contributed by atoms with E-state index in [-0.39, 0.29) is 0 Å². The van der Waals surface area contributed by atoms with E-state index < -0.39 is 0 Å². The number of methoxy groups -OCH3 is 1. The number of nitrogens with zero attached hydrogens (tertiary/aromatic N) is 5. The minimum atomic E-state index is 0.667. The van der Waals surface area contributed by atoms with Gasteiger partial charge in [-0.2, -0.15) is 0 Å². The van der Waals surface area contributed by atoms with E-state index >= 15 is 0 Å². The maximum absolute atomic E-state index is 5.21. The molecule has 0 N–H and O–H groups in total. The molecule has 0 aliphatic carbocycles. The molecular formula is C19H15N5OS. The highest BCUT2D eigenvalue weighted by Crippen LogP contribution is 2.35. The molecule has 1 aromatic carbocycles. The van der Waals surface area contributed by atoms with Gasteiger partial charge in [0.15, 0.2) is 11.5 Å². The minimum Gasteiger partial charge on any atom is -0.497 e. The van der Waals surface area contributed by atoms with Gasteiger partial charge < -0.3 is 4.74 Å². The molecule has 7 heteroatoms. The van der Waals surface area contributed by atoms with Crippen molar-refractivity contribution in [3.05, 3.63) is 47.9 Å². The second kappa shape index (κ2) is 5.47. The molecule has 0 spiro atoms. The fourth-order valence-corrected chi connectivity index (χ4v) is 4.46. The summed E-state index contributed by atoms with van der Waals surface area (Å²) in [5.41, 5.74) is 4.88. The van der Waals surface area contributed by atoms with Gasteiger partial charge in [0, 0.05) is 16.6 Å². The molecule has 0 atom stereocenters. The lowest BCUT2D eigenvalue weighted by atomic mass is 10.1. The Balaban J connectivity index is 1.77. The van der Waals surface area contributed by atoms with Crippen LogP contribution in [0.4, 0.5) is 0 Å². The van der Waals surface area contributed by atoms with E-state index in [1.54, 1.807) is 29.3 Å². The van der Waals surface area contributed by atoms with Crippen molar-refractivity contribution in [1.29, 1.82) is 0 Å². The summed E-state index contributed by atoms with van der Waals surface area (Å²) in [5, 5.41) is 5.69. The molecule has 4 aromatic heterocycles. The van der Waals surface area contributed by atoms with Crippen molar-refractivity contribution in [2.24, 2.45) is 0 Å². The summed E-state index contributed by atoms with van der Waals surface area (Å²) < 4.78 is 7.96. The van der Waals surface area contributed by atoms with Crippen LogP contribution in [0.3, 0.4) is 0 Å². The molecule has 0 fully saturated rings. The number of benzene rings is 1. The molecule has 128 valence electrons. The van der Waals surface area contributed by atoms with E-state index in [1.807, 2.05) is 31.2 Å². The fourth-order valence-electron chi connectivity index (χ4n) is 3.23. The van der Waals surface area contributed by atoms with Gasteiger partial charge in [0.2, 0.25) is 0 Å². The first-order valence-corrected chi connectivity index (χ1v) is 9.02. The van der Waals surface area contributed by atoms with Crippen LogP contribution in [-0.4, -0.2) is 31.7 Å². The number of hydrogen-bond acceptors (Lipinski definition) is 6. The number of ether oxygens (including phenoxy) is 1. The van der Waals surface area contributed by atoms with E-state index in [4.69, 9.17) is 9.72 Å². The van der Waals surface area contributed by atoms with E-state index in [0.29, 0.717) is 5.82 Å². The number of fused-ring (bicyclic) bond motifs is 5. The molecule has 26 heavy (non-hydrogen) atoms. The largest absolute Gasteiger partial charge is 0.497 e. The third kappa shape index (κ3) is 2.17. The first-order chi connectivity index (χ1) is 12.6. The molecule has 0 radical (unpaired) electrons. The van der Waals surface area contributed by atoms with E-state index in [1.165, 1.54) is 5.56 Å². The summed E-state index contributed by atoms with van der Waals surface area (Å²) in [6, 6.07) is 9.82. The van der Waals surface area contributed by atoms with Gasteiger partial charge in [-0.15, -0.1) is 16.4 Å². The SMILES string of the molecule is COc1ccc(-c2nc3c4sc5nc(C)cc(C)c5c4ncn3n2)cc1. The van der Waals surface area contributed by atoms with Crippen LogP contribution < -0.4 is 4.74 Å². The number of pyridine rings is 1. The second-order valence-electron chi connectivity index (χ2n) is 6.22. The van der Waals surface area contributed by atoms with Gasteiger partial charge in [0.25, 0.3) is 0 Å². The van der Waals surface area contributed by atoms with Gasteiger partial charge >= 0.3 is 0 Å². The van der Waals surface area contributed by atoms with Crippen molar-refractivity contribution in [2.75, 3.05) is 7.11 Å². The molecule has 5 aromatic rings. The normalized spacial score (nSPS) is 11.7. The van der Waals surface area contributed by atoms with Gasteiger partial charge in [0.05, 0.1) is 12.6 Å². The van der Waals surface area contributed by atoms with Gasteiger partial charge in [-0.05, 0) is 49.7 Å². The van der Waals surface area contributed by atoms with Crippen LogP contribution in [-0.2, 0) is 0 Å². The van der Waals surface area contributed by atoms with Crippen LogP contribution >= 0.6 is 11.3 Å². The van der Waals surface area contributed by atoms with Crippen LogP contribution in [0, 0.1) is 13.8 Å². The fraction of sp³-hybridized carbons (Fsp3) is 0.158. The monoisotopic (exact) mass is 361 g/mol. The molecule has 5 rings (SSSR count). The van der Waals surface area contributed by atoms with Gasteiger partial charge in [-0.1, -0.05) is 0 Å². The highest BCUT2D eigenvalue weighted by molar-refractivity contribution is 7.26. The molecule has 0 amide bonds. The summed E-state index contributed by atoms with van der Waals surface area (Å²) in [7, 11) is 1.65. The molecule has 0 unspecified atom stereocenters. The predicted molar refractivity (Wildman–Crippen MR) is 103 cm³/mol. The Kier molecular flexibility index (Phi) is 3.20. The molecule has 4 heterocycles. The molecule has 0 bridgehead atoms. The Morgan fingerprint density at radius 1 is 1.08 bits per heavy atom. The maximum atomic E-state index is 5.21. The smallest absolute Gasteiger partial charge is 0.182 e. The average Bonchev–Trinajstić information content (AvgIpc) is 3.22. The van der Waals surface area contributed by atoms with Gasteiger partial charge in [-0.25, -0.2) is 19.5 Å². The standard InChI is InChI=1S/C19H15N5OS/c1-10-8-11(2)21-19-14(10)15-16(26-19)18-22-17(23-24(18)9-20-15)12-4-6-13(25-3)7-5-12/h4-9H,1-3H3. The van der Waals surface area contributed by atoms with Crippen LogP contribution in [0.5, 0.6) is 5.75 Å². The first-order valence-electron chi connectivity index (χ1n) is 8.20. The van der Waals surface area contributed by atoms with Crippen molar-refractivity contribution in [3.63, 3.8) is 0 Å². The van der Waals surface area contributed by atoms with Crippen molar-refractivity contribution < 1.29 is 4.74 Å². The Hall–Kier alpha value is -3.06. The number of aryl methyl sites for hydroxylation is 2. The zero-order chi connectivity index (χ0) is 17.8. The number of hydrogen-bond donors (Lipinski definition) is 0. The van der Waals surface area contributed by atoms with Crippen LogP contribution in [0.1, 0.15) is 11.3 Å². The quantitative estimate of drug-likeness (QED) is 0.472. The van der Waals surface area contributed by atoms with Crippen LogP contribution in [0.25, 0.3) is 37.5 Å². The van der Waals surface area contributed by atoms with Crippen LogP contribution in [0.2, 0.25) is 0 Å². The van der Waals surface area contributed by atoms with Gasteiger partial charge in [0.1, 0.15) is 21.6 Å². The summed E-state index contributed by atoms with van der Waals surface area (Å²) in [4.78, 5) is 15.1. The van der Waals surface area contributed by atoms with Crippen LogP contribution in [0.15, 0.2) is 36.7 Å². The van der Waals surface area contributed by atoms with E-state index in [2.05, 4.69) is 28.1 Å². The maximum Gasteiger partial charge on any atom is 0.182 e. The Bertz CT molecular complexity index is 1290. The Morgan fingerprint density at radius 2 is 1.88 bits per heavy atom. The lowest BCUT2D eigenvalue weighted by Crippen LogP contribution is -1.90. The third-order valence-electron chi connectivity index (χ3n) is 4.44. The average molecular weight is 361 g/mol. The zero-order valence-electron chi connectivity index (χ0n) is 14.5. The molecule has 0 aliphatic rings. The van der Waals surface area contributed by atoms with Crippen molar-refractivity contribution in [3.8, 4) is 17.1 Å². The molecule has 0 saturated heterocycles. The summed E-state index contributed by atoms with van der Waals surface area (Å²) >= 11 is 1.62. The molecule has 0 aliphatic heterocycles. The summed E-state index contributed by atoms with van der Waals surface area (Å²) in [5.74, 6) is 1.48. The van der Waals surface area contributed by atoms with Crippen molar-refractivity contribution in [2.45, 2.75) is 13.8 Å². The highest BCUT2D eigenvalue weighted by atomic mass is 32.1. The van der Waals surface area contributed by atoms with Crippen molar-refractivity contribution in [1.82, 2.24) is 24.6 Å².